The summed E-state index contributed by atoms with van der Waals surface area (Å²) in [6.07, 6.45) is 38.8. The van der Waals surface area contributed by atoms with E-state index in [4.69, 9.17) is 14.2 Å². The third kappa shape index (κ3) is 35.2. The molecule has 6 heteroatoms. The molecule has 0 rings (SSSR count). The van der Waals surface area contributed by atoms with Crippen LogP contribution in [-0.2, 0) is 28.6 Å². The van der Waals surface area contributed by atoms with Crippen LogP contribution in [0.2, 0.25) is 0 Å². The van der Waals surface area contributed by atoms with Gasteiger partial charge in [0, 0.05) is 19.3 Å². The highest BCUT2D eigenvalue weighted by Crippen LogP contribution is 2.13. The number of carbonyl (C=O) groups is 3. The van der Waals surface area contributed by atoms with Crippen molar-refractivity contribution < 1.29 is 28.6 Å². The summed E-state index contributed by atoms with van der Waals surface area (Å²) in [5.74, 6) is -0.898. The molecular weight excluding hydrogens is 600 g/mol. The second-order valence-corrected chi connectivity index (χ2v) is 13.6. The van der Waals surface area contributed by atoms with Crippen LogP contribution in [0.15, 0.2) is 24.3 Å². The average Bonchev–Trinajstić information content (AvgIpc) is 3.08. The van der Waals surface area contributed by atoms with Crippen molar-refractivity contribution >= 4 is 17.9 Å². The summed E-state index contributed by atoms with van der Waals surface area (Å²) in [6, 6.07) is 0. The van der Waals surface area contributed by atoms with Gasteiger partial charge < -0.3 is 14.2 Å². The van der Waals surface area contributed by atoms with Crippen LogP contribution in [0.4, 0.5) is 0 Å². The van der Waals surface area contributed by atoms with Gasteiger partial charge in [-0.15, -0.1) is 0 Å². The van der Waals surface area contributed by atoms with Gasteiger partial charge in [0.2, 0.25) is 0 Å². The molecule has 0 saturated heterocycles. The van der Waals surface area contributed by atoms with Gasteiger partial charge in [0.05, 0.1) is 0 Å². The first kappa shape index (κ1) is 45.9. The number of esters is 3. The van der Waals surface area contributed by atoms with Gasteiger partial charge in [0.25, 0.3) is 0 Å². The topological polar surface area (TPSA) is 78.9 Å². The lowest BCUT2D eigenvalue weighted by molar-refractivity contribution is -0.167. The Balaban J connectivity index is 4.33. The first-order valence-corrected chi connectivity index (χ1v) is 20.3. The largest absolute Gasteiger partial charge is 0.462 e. The summed E-state index contributed by atoms with van der Waals surface area (Å²) >= 11 is 0. The maximum atomic E-state index is 12.6. The SMILES string of the molecule is CCCC/C=C\C/C=C\CCCCCCCC(=O)OCC(COC(=O)CCCCCCCCCC)OC(=O)CCCCCCCCCC. The molecule has 1 unspecified atom stereocenters. The quantitative estimate of drug-likeness (QED) is 0.0284. The first-order valence-electron chi connectivity index (χ1n) is 20.3. The Hall–Kier alpha value is -2.11. The molecule has 0 bridgehead atoms. The lowest BCUT2D eigenvalue weighted by atomic mass is 10.1. The molecule has 6 nitrogen and oxygen atoms in total. The summed E-state index contributed by atoms with van der Waals surface area (Å²) in [5.41, 5.74) is 0. The summed E-state index contributed by atoms with van der Waals surface area (Å²) in [6.45, 7) is 6.51. The smallest absolute Gasteiger partial charge is 0.306 e. The van der Waals surface area contributed by atoms with Crippen LogP contribution in [0.1, 0.15) is 207 Å². The van der Waals surface area contributed by atoms with Gasteiger partial charge in [0.1, 0.15) is 13.2 Å². The van der Waals surface area contributed by atoms with Gasteiger partial charge in [-0.05, 0) is 44.9 Å². The van der Waals surface area contributed by atoms with Gasteiger partial charge in [0.15, 0.2) is 6.10 Å². The highest BCUT2D eigenvalue weighted by molar-refractivity contribution is 5.71. The van der Waals surface area contributed by atoms with Gasteiger partial charge >= 0.3 is 17.9 Å². The summed E-state index contributed by atoms with van der Waals surface area (Å²) in [7, 11) is 0. The minimum Gasteiger partial charge on any atom is -0.462 e. The predicted octanol–water partition coefficient (Wildman–Crippen LogP) is 12.5. The molecule has 0 aromatic heterocycles. The Kier molecular flexibility index (Phi) is 36.0. The fraction of sp³-hybridized carbons (Fsp3) is 0.833. The zero-order valence-corrected chi connectivity index (χ0v) is 31.8. The van der Waals surface area contributed by atoms with E-state index in [1.807, 2.05) is 0 Å². The number of unbranched alkanes of at least 4 members (excludes halogenated alkanes) is 21. The molecule has 0 saturated carbocycles. The van der Waals surface area contributed by atoms with E-state index < -0.39 is 6.10 Å². The molecule has 0 N–H and O–H groups in total. The van der Waals surface area contributed by atoms with Crippen LogP contribution in [-0.4, -0.2) is 37.2 Å². The standard InChI is InChI=1S/C42H76O6/c1-4-7-10-13-16-19-20-21-22-23-24-27-29-32-35-41(44)47-38-39(48-42(45)36-33-30-26-18-15-12-9-6-3)37-46-40(43)34-31-28-25-17-14-11-8-5-2/h13,16,20-21,39H,4-12,14-15,17-19,22-38H2,1-3H3/b16-13-,21-20-. The molecule has 1 atom stereocenters. The highest BCUT2D eigenvalue weighted by atomic mass is 16.6. The predicted molar refractivity (Wildman–Crippen MR) is 201 cm³/mol. The molecule has 0 spiro atoms. The van der Waals surface area contributed by atoms with E-state index in [0.717, 1.165) is 77.0 Å². The van der Waals surface area contributed by atoms with E-state index >= 15 is 0 Å². The molecule has 280 valence electrons. The second kappa shape index (κ2) is 37.7. The zero-order valence-electron chi connectivity index (χ0n) is 31.8. The van der Waals surface area contributed by atoms with E-state index in [1.165, 1.54) is 89.9 Å². The van der Waals surface area contributed by atoms with Crippen LogP contribution in [0.25, 0.3) is 0 Å². The molecule has 0 aliphatic rings. The fourth-order valence-electron chi connectivity index (χ4n) is 5.57. The number of hydrogen-bond acceptors (Lipinski definition) is 6. The number of hydrogen-bond donors (Lipinski definition) is 0. The number of allylic oxidation sites excluding steroid dienone is 4. The van der Waals surface area contributed by atoms with E-state index in [2.05, 4.69) is 45.1 Å². The maximum absolute atomic E-state index is 12.6. The maximum Gasteiger partial charge on any atom is 0.306 e. The lowest BCUT2D eigenvalue weighted by Crippen LogP contribution is -2.30. The van der Waals surface area contributed by atoms with Crippen LogP contribution < -0.4 is 0 Å². The van der Waals surface area contributed by atoms with Crippen LogP contribution in [0, 0.1) is 0 Å². The van der Waals surface area contributed by atoms with Gasteiger partial charge in [-0.2, -0.15) is 0 Å². The van der Waals surface area contributed by atoms with E-state index in [-0.39, 0.29) is 31.1 Å². The van der Waals surface area contributed by atoms with Gasteiger partial charge in [-0.25, -0.2) is 0 Å². The molecular formula is C42H76O6. The van der Waals surface area contributed by atoms with Crippen molar-refractivity contribution in [2.45, 2.75) is 213 Å². The minimum absolute atomic E-state index is 0.0735. The molecule has 0 aliphatic heterocycles. The van der Waals surface area contributed by atoms with Crippen molar-refractivity contribution in [2.24, 2.45) is 0 Å². The summed E-state index contributed by atoms with van der Waals surface area (Å²) in [5, 5.41) is 0. The Morgan fingerprint density at radius 3 is 1.21 bits per heavy atom. The normalized spacial score (nSPS) is 12.1. The second-order valence-electron chi connectivity index (χ2n) is 13.6. The van der Waals surface area contributed by atoms with E-state index in [9.17, 15) is 14.4 Å². The Morgan fingerprint density at radius 2 is 0.771 bits per heavy atom. The number of rotatable bonds is 36. The summed E-state index contributed by atoms with van der Waals surface area (Å²) in [4.78, 5) is 37.4. The van der Waals surface area contributed by atoms with Crippen LogP contribution in [0.5, 0.6) is 0 Å². The van der Waals surface area contributed by atoms with Crippen molar-refractivity contribution in [1.82, 2.24) is 0 Å². The molecule has 48 heavy (non-hydrogen) atoms. The zero-order chi connectivity index (χ0) is 35.2. The van der Waals surface area contributed by atoms with Crippen LogP contribution in [0.3, 0.4) is 0 Å². The van der Waals surface area contributed by atoms with Gasteiger partial charge in [-0.3, -0.25) is 14.4 Å². The fourth-order valence-corrected chi connectivity index (χ4v) is 5.57. The third-order valence-corrected chi connectivity index (χ3v) is 8.71. The minimum atomic E-state index is -0.766. The molecule has 0 amide bonds. The molecule has 0 aliphatic carbocycles. The third-order valence-electron chi connectivity index (χ3n) is 8.71. The molecule has 0 radical (unpaired) electrons. The number of ether oxygens (including phenoxy) is 3. The van der Waals surface area contributed by atoms with Crippen molar-refractivity contribution in [2.75, 3.05) is 13.2 Å². The van der Waals surface area contributed by atoms with Crippen LogP contribution >= 0.6 is 0 Å². The first-order chi connectivity index (χ1) is 23.5. The number of carbonyl (C=O) groups excluding carboxylic acids is 3. The van der Waals surface area contributed by atoms with Crippen molar-refractivity contribution in [3.8, 4) is 0 Å². The van der Waals surface area contributed by atoms with E-state index in [1.54, 1.807) is 0 Å². The Morgan fingerprint density at radius 1 is 0.417 bits per heavy atom. The van der Waals surface area contributed by atoms with Gasteiger partial charge in [-0.1, -0.05) is 167 Å². The average molecular weight is 677 g/mol. The van der Waals surface area contributed by atoms with Crippen molar-refractivity contribution in [3.63, 3.8) is 0 Å². The highest BCUT2D eigenvalue weighted by Gasteiger charge is 2.19. The Labute approximate surface area is 296 Å². The van der Waals surface area contributed by atoms with E-state index in [0.29, 0.717) is 19.3 Å². The Bertz CT molecular complexity index is 789. The lowest BCUT2D eigenvalue weighted by Gasteiger charge is -2.18. The molecule has 0 aromatic carbocycles. The van der Waals surface area contributed by atoms with Crippen molar-refractivity contribution in [1.29, 1.82) is 0 Å². The molecule has 0 aromatic rings. The summed E-state index contributed by atoms with van der Waals surface area (Å²) < 4.78 is 16.6. The molecule has 0 fully saturated rings. The van der Waals surface area contributed by atoms with Crippen molar-refractivity contribution in [3.05, 3.63) is 24.3 Å². The molecule has 0 heterocycles. The monoisotopic (exact) mass is 677 g/mol.